The van der Waals surface area contributed by atoms with Crippen LogP contribution < -0.4 is 15.4 Å². The molecule has 1 fully saturated rings. The van der Waals surface area contributed by atoms with E-state index in [9.17, 15) is 43.8 Å². The Kier molecular flexibility index (Phi) is 22.8. The first kappa shape index (κ1) is 59.5. The number of hydrogen-bond acceptors (Lipinski definition) is 21. The molecule has 3 aromatic carbocycles. The fourth-order valence-corrected chi connectivity index (χ4v) is 8.65. The van der Waals surface area contributed by atoms with Gasteiger partial charge in [-0.2, -0.15) is 0 Å². The Hall–Kier alpha value is -7.14. The van der Waals surface area contributed by atoms with E-state index < -0.39 is 41.2 Å². The van der Waals surface area contributed by atoms with Crippen LogP contribution in [0, 0.1) is 0 Å². The number of anilines is 1. The molecule has 1 spiro atoms. The van der Waals surface area contributed by atoms with E-state index in [0.717, 1.165) is 4.90 Å². The Balaban J connectivity index is 0.800. The third kappa shape index (κ3) is 16.9. The number of esters is 1. The molecule has 0 aliphatic carbocycles. The van der Waals surface area contributed by atoms with Gasteiger partial charge in [-0.3, -0.25) is 28.9 Å². The molecule has 4 heterocycles. The number of fused-ring (bicyclic) bond motifs is 6. The molecule has 0 radical (unpaired) electrons. The number of ether oxygens (including phenoxy) is 10. The predicted molar refractivity (Wildman–Crippen MR) is 278 cm³/mol. The second-order valence-corrected chi connectivity index (χ2v) is 18.1. The number of phenolic OH excluding ortho intramolecular Hbond substituents is 2. The van der Waals surface area contributed by atoms with Crippen molar-refractivity contribution in [3.63, 3.8) is 0 Å². The van der Waals surface area contributed by atoms with Gasteiger partial charge in [0.25, 0.3) is 23.6 Å². The van der Waals surface area contributed by atoms with Gasteiger partial charge in [0.1, 0.15) is 23.0 Å². The summed E-state index contributed by atoms with van der Waals surface area (Å²) in [5.41, 5.74) is 0.892. The molecule has 0 aromatic heterocycles. The van der Waals surface area contributed by atoms with Crippen LogP contribution in [0.5, 0.6) is 23.0 Å². The number of benzene rings is 3. The van der Waals surface area contributed by atoms with Crippen LogP contribution in [0.1, 0.15) is 52.7 Å². The zero-order chi connectivity index (χ0) is 56.0. The van der Waals surface area contributed by atoms with E-state index in [1.807, 2.05) is 4.90 Å². The molecule has 4 N–H and O–H groups in total. The third-order valence-corrected chi connectivity index (χ3v) is 12.6. The van der Waals surface area contributed by atoms with E-state index in [1.165, 1.54) is 36.4 Å². The molecule has 79 heavy (non-hydrogen) atoms. The first-order valence-electron chi connectivity index (χ1n) is 25.6. The van der Waals surface area contributed by atoms with Crippen molar-refractivity contribution in [1.29, 1.82) is 0 Å². The van der Waals surface area contributed by atoms with Crippen molar-refractivity contribution in [2.75, 3.05) is 137 Å². The highest BCUT2D eigenvalue weighted by atomic mass is 32.1. The van der Waals surface area contributed by atoms with E-state index in [4.69, 9.17) is 64.4 Å². The van der Waals surface area contributed by atoms with Crippen molar-refractivity contribution < 1.29 is 96.0 Å². The van der Waals surface area contributed by atoms with E-state index in [-0.39, 0.29) is 119 Å². The van der Waals surface area contributed by atoms with E-state index in [2.05, 4.69) is 10.6 Å². The molecule has 26 heteroatoms. The Morgan fingerprint density at radius 1 is 0.608 bits per heavy atom. The molecule has 0 saturated carbocycles. The molecule has 0 bridgehead atoms. The Morgan fingerprint density at radius 2 is 1.09 bits per heavy atom. The number of amides is 5. The molecule has 3 aromatic rings. The van der Waals surface area contributed by atoms with Gasteiger partial charge in [0.15, 0.2) is 10.7 Å². The Bertz CT molecular complexity index is 2600. The Morgan fingerprint density at radius 3 is 1.62 bits per heavy atom. The number of thiocarbonyl (C=S) groups is 1. The largest absolute Gasteiger partial charge is 0.508 e. The predicted octanol–water partition coefficient (Wildman–Crippen LogP) is 2.23. The number of hydroxylamine groups is 2. The van der Waals surface area contributed by atoms with E-state index in [0.29, 0.717) is 105 Å². The van der Waals surface area contributed by atoms with Gasteiger partial charge >= 0.3 is 11.9 Å². The summed E-state index contributed by atoms with van der Waals surface area (Å²) < 4.78 is 57.2. The minimum absolute atomic E-state index is 0.00476. The number of rotatable bonds is 35. The first-order chi connectivity index (χ1) is 38.3. The summed E-state index contributed by atoms with van der Waals surface area (Å²) in [5.74, 6) is -3.17. The van der Waals surface area contributed by atoms with Crippen LogP contribution in [0.4, 0.5) is 5.69 Å². The maximum atomic E-state index is 13.8. The lowest BCUT2D eigenvalue weighted by Gasteiger charge is -2.36. The van der Waals surface area contributed by atoms with Crippen molar-refractivity contribution in [3.8, 4) is 23.0 Å². The van der Waals surface area contributed by atoms with Crippen LogP contribution in [-0.2, 0) is 81.8 Å². The van der Waals surface area contributed by atoms with Crippen LogP contribution >= 0.6 is 12.2 Å². The Labute approximate surface area is 459 Å². The number of nitrogens with zero attached hydrogens (tertiary/aromatic N) is 3. The van der Waals surface area contributed by atoms with Gasteiger partial charge < -0.3 is 78.0 Å². The molecular formula is C53H63N5O20S. The summed E-state index contributed by atoms with van der Waals surface area (Å²) in [6.07, 6.45) is 2.26. The standard InChI is InChI=1S/C53H63N5O20S/c59-37-2-5-41-43(34-37)76-44-35-38(60)3-6-42(44)53(41)40-4-1-36(33-39(40)51(67)77-53)55-52(79)56(15-19-70-23-27-74-31-29-72-25-21-68-17-12-50(66)78-58-48(64)9-10-49(58)65)16-20-71-24-28-75-32-30-73-26-22-69-18-13-54-45(61)11-14-57-46(62)7-8-47(57)63/h1-8,33-35,59-60H,9-32H2,(H,54,61)(H,55,79). The number of imide groups is 2. The van der Waals surface area contributed by atoms with Crippen molar-refractivity contribution in [2.45, 2.75) is 31.3 Å². The minimum atomic E-state index is -1.43. The first-order valence-corrected chi connectivity index (χ1v) is 26.0. The molecule has 426 valence electrons. The number of phenols is 2. The van der Waals surface area contributed by atoms with Gasteiger partial charge in [-0.25, -0.2) is 9.59 Å². The van der Waals surface area contributed by atoms with E-state index >= 15 is 0 Å². The molecule has 0 atom stereocenters. The number of hydrogen-bond donors (Lipinski definition) is 4. The number of aromatic hydroxyl groups is 2. The molecule has 0 unspecified atom stereocenters. The maximum absolute atomic E-state index is 13.8. The van der Waals surface area contributed by atoms with Gasteiger partial charge in [0.2, 0.25) is 5.91 Å². The summed E-state index contributed by atoms with van der Waals surface area (Å²) in [6.45, 7) is 5.40. The molecule has 25 nitrogen and oxygen atoms in total. The van der Waals surface area contributed by atoms with Crippen LogP contribution in [-0.4, -0.2) is 204 Å². The zero-order valence-electron chi connectivity index (χ0n) is 43.3. The maximum Gasteiger partial charge on any atom is 0.340 e. The molecular weight excluding hydrogens is 1060 g/mol. The molecule has 4 aliphatic rings. The zero-order valence-corrected chi connectivity index (χ0v) is 44.1. The summed E-state index contributed by atoms with van der Waals surface area (Å²) in [7, 11) is 0. The van der Waals surface area contributed by atoms with Gasteiger partial charge in [0.05, 0.1) is 118 Å². The molecule has 5 amide bonds. The summed E-state index contributed by atoms with van der Waals surface area (Å²) >= 11 is 5.89. The van der Waals surface area contributed by atoms with Crippen molar-refractivity contribution in [3.05, 3.63) is 89.0 Å². The average molecular weight is 1120 g/mol. The second-order valence-electron chi connectivity index (χ2n) is 17.7. The molecule has 1 saturated heterocycles. The lowest BCUT2D eigenvalue weighted by atomic mass is 9.77. The van der Waals surface area contributed by atoms with Crippen LogP contribution in [0.25, 0.3) is 0 Å². The fraction of sp³-hybridized carbons (Fsp3) is 0.472. The van der Waals surface area contributed by atoms with Gasteiger partial charge in [-0.1, -0.05) is 6.07 Å². The highest BCUT2D eigenvalue weighted by Gasteiger charge is 2.54. The van der Waals surface area contributed by atoms with Crippen LogP contribution in [0.15, 0.2) is 66.7 Å². The highest BCUT2D eigenvalue weighted by molar-refractivity contribution is 7.80. The van der Waals surface area contributed by atoms with Gasteiger partial charge in [0, 0.05) is 92.1 Å². The van der Waals surface area contributed by atoms with Crippen molar-refractivity contribution >= 4 is 64.5 Å². The number of carbonyl (C=O) groups excluding carboxylic acids is 7. The normalized spacial score (nSPS) is 14.8. The highest BCUT2D eigenvalue weighted by Crippen LogP contribution is 2.57. The van der Waals surface area contributed by atoms with Crippen molar-refractivity contribution in [1.82, 2.24) is 20.2 Å². The topological polar surface area (TPSA) is 295 Å². The monoisotopic (exact) mass is 1120 g/mol. The second kappa shape index (κ2) is 30.3. The average Bonchev–Trinajstić information content (AvgIpc) is 3.68. The van der Waals surface area contributed by atoms with Gasteiger partial charge in [-0.15, -0.1) is 5.06 Å². The smallest absolute Gasteiger partial charge is 0.340 e. The van der Waals surface area contributed by atoms with Gasteiger partial charge in [-0.05, 0) is 48.6 Å². The summed E-state index contributed by atoms with van der Waals surface area (Å²) in [6, 6.07) is 14.3. The molecule has 7 rings (SSSR count). The third-order valence-electron chi connectivity index (χ3n) is 12.2. The van der Waals surface area contributed by atoms with Crippen molar-refractivity contribution in [2.24, 2.45) is 0 Å². The summed E-state index contributed by atoms with van der Waals surface area (Å²) in [5, 5.41) is 27.3. The summed E-state index contributed by atoms with van der Waals surface area (Å²) in [4.78, 5) is 91.7. The quantitative estimate of drug-likeness (QED) is 0.0284. The number of carbonyl (C=O) groups is 7. The number of nitrogens with one attached hydrogen (secondary N) is 2. The fourth-order valence-electron chi connectivity index (χ4n) is 8.35. The van der Waals surface area contributed by atoms with E-state index in [1.54, 1.807) is 30.3 Å². The van der Waals surface area contributed by atoms with Crippen LogP contribution in [0.2, 0.25) is 0 Å². The SMILES string of the molecule is O=C(CCN1C(=O)C=CC1=O)NCCOCCOCCOCCOCCN(CCOCCOCCOCCOCCC(=O)ON1C(=O)CCC1=O)C(=S)Nc1ccc2c(c1)C(=O)OC21c2ccc(O)cc2Oc2cc(O)ccc21. The minimum Gasteiger partial charge on any atom is -0.508 e. The van der Waals surface area contributed by atoms with Crippen LogP contribution in [0.3, 0.4) is 0 Å². The lowest BCUT2D eigenvalue weighted by Crippen LogP contribution is -2.39. The lowest BCUT2D eigenvalue weighted by molar-refractivity contribution is -0.198. The molecule has 4 aliphatic heterocycles.